The van der Waals surface area contributed by atoms with Crippen LogP contribution in [0.1, 0.15) is 49.1 Å². The van der Waals surface area contributed by atoms with E-state index in [2.05, 4.69) is 26.8 Å². The summed E-state index contributed by atoms with van der Waals surface area (Å²) >= 11 is 0. The second-order valence-electron chi connectivity index (χ2n) is 9.07. The van der Waals surface area contributed by atoms with Gasteiger partial charge in [-0.2, -0.15) is 5.26 Å². The number of carbonyl (C=O) groups excluding carboxylic acids is 2. The van der Waals surface area contributed by atoms with E-state index < -0.39 is 17.7 Å². The molecule has 33 heavy (non-hydrogen) atoms. The van der Waals surface area contributed by atoms with Gasteiger partial charge in [0.25, 0.3) is 11.7 Å². The molecule has 5 heteroatoms. The lowest BCUT2D eigenvalue weighted by Gasteiger charge is -2.26. The lowest BCUT2D eigenvalue weighted by molar-refractivity contribution is -0.132. The molecule has 1 aliphatic heterocycles. The number of carbonyl (C=O) groups is 2. The highest BCUT2D eigenvalue weighted by molar-refractivity contribution is 6.51. The van der Waals surface area contributed by atoms with Crippen LogP contribution in [0.5, 0.6) is 0 Å². The zero-order valence-electron chi connectivity index (χ0n) is 18.7. The quantitative estimate of drug-likeness (QED) is 0.335. The van der Waals surface area contributed by atoms with E-state index >= 15 is 0 Å². The summed E-state index contributed by atoms with van der Waals surface area (Å²) in [7, 11) is 0. The van der Waals surface area contributed by atoms with Crippen molar-refractivity contribution < 1.29 is 14.7 Å². The van der Waals surface area contributed by atoms with E-state index in [-0.39, 0.29) is 16.7 Å². The molecule has 0 spiro atoms. The zero-order valence-corrected chi connectivity index (χ0v) is 18.7. The number of aliphatic hydroxyl groups excluding tert-OH is 1. The molecule has 1 atom stereocenters. The second-order valence-corrected chi connectivity index (χ2v) is 9.07. The van der Waals surface area contributed by atoms with Crippen LogP contribution in [0.2, 0.25) is 0 Å². The molecular formula is C28H24N2O3. The first kappa shape index (κ1) is 22.0. The van der Waals surface area contributed by atoms with E-state index in [1.54, 1.807) is 48.5 Å². The molecular weight excluding hydrogens is 412 g/mol. The highest BCUT2D eigenvalue weighted by Gasteiger charge is 2.47. The molecule has 1 N–H and O–H groups in total. The van der Waals surface area contributed by atoms with E-state index in [9.17, 15) is 14.7 Å². The van der Waals surface area contributed by atoms with Gasteiger partial charge < -0.3 is 5.11 Å². The molecule has 0 saturated carbocycles. The van der Waals surface area contributed by atoms with Gasteiger partial charge in [-0.15, -0.1) is 0 Å². The van der Waals surface area contributed by atoms with Gasteiger partial charge in [0.2, 0.25) is 0 Å². The Morgan fingerprint density at radius 1 is 0.909 bits per heavy atom. The van der Waals surface area contributed by atoms with Crippen LogP contribution >= 0.6 is 0 Å². The summed E-state index contributed by atoms with van der Waals surface area (Å²) in [5.74, 6) is -1.68. The number of nitriles is 1. The minimum Gasteiger partial charge on any atom is -0.507 e. The van der Waals surface area contributed by atoms with Gasteiger partial charge in [0, 0.05) is 11.3 Å². The Balaban J connectivity index is 1.91. The van der Waals surface area contributed by atoms with Gasteiger partial charge in [-0.3, -0.25) is 14.5 Å². The maximum Gasteiger partial charge on any atom is 0.300 e. The predicted molar refractivity (Wildman–Crippen MR) is 128 cm³/mol. The number of aliphatic hydroxyl groups is 1. The molecule has 1 aliphatic rings. The number of amides is 1. The third kappa shape index (κ3) is 4.04. The molecule has 164 valence electrons. The monoisotopic (exact) mass is 436 g/mol. The van der Waals surface area contributed by atoms with Crippen molar-refractivity contribution in [1.29, 1.82) is 5.26 Å². The molecule has 4 rings (SSSR count). The van der Waals surface area contributed by atoms with Crippen molar-refractivity contribution in [1.82, 2.24) is 0 Å². The van der Waals surface area contributed by atoms with Crippen LogP contribution in [-0.2, 0) is 15.0 Å². The summed E-state index contributed by atoms with van der Waals surface area (Å²) in [6.45, 7) is 6.33. The Morgan fingerprint density at radius 2 is 1.52 bits per heavy atom. The Bertz CT molecular complexity index is 1280. The summed E-state index contributed by atoms with van der Waals surface area (Å²) in [4.78, 5) is 27.8. The first-order valence-electron chi connectivity index (χ1n) is 10.7. The first-order valence-corrected chi connectivity index (χ1v) is 10.7. The molecule has 3 aromatic carbocycles. The molecule has 1 heterocycles. The van der Waals surface area contributed by atoms with Gasteiger partial charge in [-0.25, -0.2) is 0 Å². The van der Waals surface area contributed by atoms with E-state index in [0.29, 0.717) is 22.4 Å². The number of nitrogens with zero attached hydrogens (tertiary/aromatic N) is 2. The van der Waals surface area contributed by atoms with Gasteiger partial charge in [-0.05, 0) is 40.8 Å². The molecule has 3 aromatic rings. The first-order chi connectivity index (χ1) is 15.7. The van der Waals surface area contributed by atoms with Crippen molar-refractivity contribution in [3.05, 3.63) is 107 Å². The van der Waals surface area contributed by atoms with Gasteiger partial charge in [-0.1, -0.05) is 75.4 Å². The molecule has 1 unspecified atom stereocenters. The SMILES string of the molecule is CC(C)(C)c1ccc(C2/C(=C(/O)c3ccccc3)C(=O)C(=O)N2c2ccc(C#N)cc2)cc1. The summed E-state index contributed by atoms with van der Waals surface area (Å²) in [5.41, 5.74) is 3.20. The van der Waals surface area contributed by atoms with E-state index in [0.717, 1.165) is 5.56 Å². The van der Waals surface area contributed by atoms with Gasteiger partial charge in [0.1, 0.15) is 5.76 Å². The fourth-order valence-corrected chi connectivity index (χ4v) is 4.03. The van der Waals surface area contributed by atoms with Gasteiger partial charge >= 0.3 is 0 Å². The maximum atomic E-state index is 13.2. The van der Waals surface area contributed by atoms with Crippen molar-refractivity contribution in [3.63, 3.8) is 0 Å². The fourth-order valence-electron chi connectivity index (χ4n) is 4.03. The Morgan fingerprint density at radius 3 is 2.06 bits per heavy atom. The Hall–Kier alpha value is -4.17. The largest absolute Gasteiger partial charge is 0.507 e. The molecule has 0 radical (unpaired) electrons. The van der Waals surface area contributed by atoms with E-state index in [1.807, 2.05) is 30.3 Å². The standard InChI is InChI=1S/C28H24N2O3/c1-28(2,3)21-13-11-19(12-14-21)24-23(25(31)20-7-5-4-6-8-20)26(32)27(33)30(24)22-15-9-18(17-29)10-16-22/h4-16,24,31H,1-3H3/b25-23-. The van der Waals surface area contributed by atoms with E-state index in [1.165, 1.54) is 4.90 Å². The highest BCUT2D eigenvalue weighted by atomic mass is 16.3. The third-order valence-electron chi connectivity index (χ3n) is 5.86. The topological polar surface area (TPSA) is 81.4 Å². The maximum absolute atomic E-state index is 13.2. The molecule has 1 amide bonds. The molecule has 0 bridgehead atoms. The summed E-state index contributed by atoms with van der Waals surface area (Å²) in [6, 6.07) is 24.2. The number of benzene rings is 3. The van der Waals surface area contributed by atoms with Crippen molar-refractivity contribution >= 4 is 23.1 Å². The lowest BCUT2D eigenvalue weighted by atomic mass is 9.85. The zero-order chi connectivity index (χ0) is 23.8. The molecule has 0 aliphatic carbocycles. The van der Waals surface area contributed by atoms with Crippen molar-refractivity contribution in [2.24, 2.45) is 0 Å². The number of ketones is 1. The van der Waals surface area contributed by atoms with Crippen LogP contribution in [0.25, 0.3) is 5.76 Å². The predicted octanol–water partition coefficient (Wildman–Crippen LogP) is 5.48. The molecule has 0 aromatic heterocycles. The third-order valence-corrected chi connectivity index (χ3v) is 5.86. The normalized spacial score (nSPS) is 17.8. The van der Waals surface area contributed by atoms with Crippen LogP contribution < -0.4 is 4.90 Å². The molecule has 1 fully saturated rings. The summed E-state index contributed by atoms with van der Waals surface area (Å²) in [6.07, 6.45) is 0. The van der Waals surface area contributed by atoms with Gasteiger partial charge in [0.05, 0.1) is 23.2 Å². The minimum absolute atomic E-state index is 0.0408. The van der Waals surface area contributed by atoms with Crippen LogP contribution in [0.4, 0.5) is 5.69 Å². The van der Waals surface area contributed by atoms with Crippen LogP contribution in [0, 0.1) is 11.3 Å². The van der Waals surface area contributed by atoms with Crippen LogP contribution in [0.3, 0.4) is 0 Å². The molecule has 5 nitrogen and oxygen atoms in total. The minimum atomic E-state index is -0.799. The molecule has 1 saturated heterocycles. The van der Waals surface area contributed by atoms with Crippen LogP contribution in [0.15, 0.2) is 84.4 Å². The number of anilines is 1. The van der Waals surface area contributed by atoms with Crippen molar-refractivity contribution in [2.45, 2.75) is 32.2 Å². The number of Topliss-reactive ketones (excluding diaryl/α,β-unsaturated/α-hetero) is 1. The number of hydrogen-bond acceptors (Lipinski definition) is 4. The highest BCUT2D eigenvalue weighted by Crippen LogP contribution is 2.42. The van der Waals surface area contributed by atoms with Crippen LogP contribution in [-0.4, -0.2) is 16.8 Å². The Labute approximate surface area is 193 Å². The smallest absolute Gasteiger partial charge is 0.300 e. The van der Waals surface area contributed by atoms with Gasteiger partial charge in [0.15, 0.2) is 0 Å². The number of rotatable bonds is 3. The van der Waals surface area contributed by atoms with Crippen molar-refractivity contribution in [2.75, 3.05) is 4.90 Å². The fraction of sp³-hybridized carbons (Fsp3) is 0.179. The average molecular weight is 437 g/mol. The summed E-state index contributed by atoms with van der Waals surface area (Å²) in [5, 5.41) is 20.2. The lowest BCUT2D eigenvalue weighted by Crippen LogP contribution is -2.29. The number of hydrogen-bond donors (Lipinski definition) is 1. The second kappa shape index (κ2) is 8.40. The summed E-state index contributed by atoms with van der Waals surface area (Å²) < 4.78 is 0. The van der Waals surface area contributed by atoms with E-state index in [4.69, 9.17) is 5.26 Å². The van der Waals surface area contributed by atoms with Crippen molar-refractivity contribution in [3.8, 4) is 6.07 Å². The average Bonchev–Trinajstić information content (AvgIpc) is 3.09. The Kier molecular flexibility index (Phi) is 5.61.